The first kappa shape index (κ1) is 21.6. The molecule has 3 heterocycles. The van der Waals surface area contributed by atoms with Crippen LogP contribution in [0.1, 0.15) is 29.9 Å². The van der Waals surface area contributed by atoms with Crippen molar-refractivity contribution in [1.29, 1.82) is 0 Å². The predicted octanol–water partition coefficient (Wildman–Crippen LogP) is 2.84. The number of nitrogens with one attached hydrogen (secondary N) is 2. The van der Waals surface area contributed by atoms with Crippen LogP contribution in [0.2, 0.25) is 0 Å². The Balaban J connectivity index is 1.68. The van der Waals surface area contributed by atoms with E-state index in [2.05, 4.69) is 26.2 Å². The minimum atomic E-state index is -0.761. The molecule has 4 rings (SSSR count). The molecule has 1 atom stereocenters. The molecule has 32 heavy (non-hydrogen) atoms. The van der Waals surface area contributed by atoms with Crippen LogP contribution in [-0.4, -0.2) is 44.6 Å². The number of para-hydroxylation sites is 1. The molecule has 0 spiro atoms. The van der Waals surface area contributed by atoms with Crippen LogP contribution >= 0.6 is 11.8 Å². The molecule has 0 bridgehead atoms. The van der Waals surface area contributed by atoms with E-state index in [0.717, 1.165) is 16.8 Å². The summed E-state index contributed by atoms with van der Waals surface area (Å²) in [4.78, 5) is 25.1. The quantitative estimate of drug-likeness (QED) is 0.413. The molecule has 0 fully saturated rings. The molecule has 0 saturated heterocycles. The van der Waals surface area contributed by atoms with Crippen LogP contribution < -0.4 is 10.6 Å². The Kier molecular flexibility index (Phi) is 6.26. The molecule has 0 saturated carbocycles. The van der Waals surface area contributed by atoms with Gasteiger partial charge in [-0.3, -0.25) is 0 Å². The van der Waals surface area contributed by atoms with Gasteiger partial charge in [0.15, 0.2) is 0 Å². The van der Waals surface area contributed by atoms with E-state index in [0.29, 0.717) is 16.6 Å². The second kappa shape index (κ2) is 9.27. The molecule has 2 amide bonds. The number of thioether (sulfide) groups is 1. The Hall–Kier alpha value is -3.60. The smallest absolute Gasteiger partial charge is 0.338 e. The molecule has 2 N–H and O–H groups in total. The number of amides is 2. The maximum absolute atomic E-state index is 12.8. The molecule has 0 radical (unpaired) electrons. The largest absolute Gasteiger partial charge is 0.467 e. The molecule has 2 aromatic heterocycles. The van der Waals surface area contributed by atoms with Crippen molar-refractivity contribution in [1.82, 2.24) is 30.8 Å². The van der Waals surface area contributed by atoms with Gasteiger partial charge in [0.2, 0.25) is 5.16 Å². The molecule has 10 nitrogen and oxygen atoms in total. The zero-order valence-electron chi connectivity index (χ0n) is 17.8. The summed E-state index contributed by atoms with van der Waals surface area (Å²) in [7, 11) is 0. The van der Waals surface area contributed by atoms with Crippen LogP contribution in [-0.2, 0) is 9.53 Å². The number of aryl methyl sites for hydroxylation is 2. The molecule has 1 aromatic carbocycles. The van der Waals surface area contributed by atoms with Gasteiger partial charge in [-0.25, -0.2) is 9.59 Å². The summed E-state index contributed by atoms with van der Waals surface area (Å²) in [6.07, 6.45) is 1.49. The van der Waals surface area contributed by atoms with Crippen molar-refractivity contribution in [3.05, 3.63) is 64.8 Å². The van der Waals surface area contributed by atoms with Crippen LogP contribution in [0.25, 0.3) is 5.69 Å². The van der Waals surface area contributed by atoms with Crippen LogP contribution in [0.3, 0.4) is 0 Å². The first-order valence-corrected chi connectivity index (χ1v) is 11.0. The Morgan fingerprint density at radius 2 is 2.03 bits per heavy atom. The lowest BCUT2D eigenvalue weighted by atomic mass is 10.0. The van der Waals surface area contributed by atoms with Gasteiger partial charge in [0.25, 0.3) is 0 Å². The summed E-state index contributed by atoms with van der Waals surface area (Å²) in [5, 5.41) is 18.1. The number of urea groups is 1. The number of carbonyl (C=O) groups excluding carboxylic acids is 2. The first-order valence-electron chi connectivity index (χ1n) is 9.98. The molecule has 166 valence electrons. The fourth-order valence-corrected chi connectivity index (χ4v) is 4.38. The Bertz CT molecular complexity index is 1150. The van der Waals surface area contributed by atoms with E-state index in [1.807, 2.05) is 32.0 Å². The third-order valence-electron chi connectivity index (χ3n) is 4.91. The summed E-state index contributed by atoms with van der Waals surface area (Å²) < 4.78 is 12.4. The van der Waals surface area contributed by atoms with Gasteiger partial charge in [-0.1, -0.05) is 30.0 Å². The first-order chi connectivity index (χ1) is 15.5. The molecule has 3 aromatic rings. The summed E-state index contributed by atoms with van der Waals surface area (Å²) in [5.74, 6) is 0.140. The Morgan fingerprint density at radius 3 is 2.72 bits per heavy atom. The lowest BCUT2D eigenvalue weighted by Crippen LogP contribution is -2.46. The van der Waals surface area contributed by atoms with Crippen molar-refractivity contribution in [2.45, 2.75) is 32.0 Å². The number of benzene rings is 1. The summed E-state index contributed by atoms with van der Waals surface area (Å²) in [5.41, 5.74) is 3.63. The van der Waals surface area contributed by atoms with Crippen LogP contribution in [0.15, 0.2) is 57.4 Å². The van der Waals surface area contributed by atoms with Crippen molar-refractivity contribution in [2.24, 2.45) is 0 Å². The second-order valence-corrected chi connectivity index (χ2v) is 8.00. The van der Waals surface area contributed by atoms with Gasteiger partial charge >= 0.3 is 12.0 Å². The van der Waals surface area contributed by atoms with Gasteiger partial charge in [0.1, 0.15) is 11.8 Å². The van der Waals surface area contributed by atoms with E-state index < -0.39 is 18.0 Å². The molecule has 0 aliphatic carbocycles. The highest BCUT2D eigenvalue weighted by atomic mass is 32.2. The Labute approximate surface area is 188 Å². The number of hydrogen-bond donors (Lipinski definition) is 2. The molecule has 0 unspecified atom stereocenters. The van der Waals surface area contributed by atoms with Gasteiger partial charge in [-0.05, 0) is 54.5 Å². The number of carbonyl (C=O) groups is 2. The van der Waals surface area contributed by atoms with Gasteiger partial charge in [-0.15, -0.1) is 5.10 Å². The van der Waals surface area contributed by atoms with E-state index in [1.165, 1.54) is 18.0 Å². The summed E-state index contributed by atoms with van der Waals surface area (Å²) >= 11 is 1.30. The fraction of sp³-hybridized carbons (Fsp3) is 0.286. The lowest BCUT2D eigenvalue weighted by Gasteiger charge is -2.27. The Morgan fingerprint density at radius 1 is 1.25 bits per heavy atom. The minimum Gasteiger partial charge on any atom is -0.467 e. The highest BCUT2D eigenvalue weighted by Gasteiger charge is 2.35. The zero-order chi connectivity index (χ0) is 22.7. The average molecular weight is 455 g/mol. The summed E-state index contributed by atoms with van der Waals surface area (Å²) in [6, 6.07) is 8.14. The number of rotatable bonds is 7. The summed E-state index contributed by atoms with van der Waals surface area (Å²) in [6.45, 7) is 5.90. The number of furan rings is 1. The van der Waals surface area contributed by atoms with Gasteiger partial charge < -0.3 is 19.8 Å². The van der Waals surface area contributed by atoms with Gasteiger partial charge in [-0.2, -0.15) is 4.68 Å². The highest BCUT2D eigenvalue weighted by molar-refractivity contribution is 7.99. The van der Waals surface area contributed by atoms with Crippen LogP contribution in [0.5, 0.6) is 0 Å². The third kappa shape index (κ3) is 4.24. The third-order valence-corrected chi connectivity index (χ3v) is 5.86. The van der Waals surface area contributed by atoms with Gasteiger partial charge in [0.05, 0.1) is 24.1 Å². The average Bonchev–Trinajstić information content (AvgIpc) is 3.44. The normalized spacial score (nSPS) is 16.0. The van der Waals surface area contributed by atoms with E-state index in [-0.39, 0.29) is 17.9 Å². The predicted molar refractivity (Wildman–Crippen MR) is 116 cm³/mol. The monoisotopic (exact) mass is 454 g/mol. The van der Waals surface area contributed by atoms with Crippen molar-refractivity contribution < 1.29 is 18.7 Å². The lowest BCUT2D eigenvalue weighted by molar-refractivity contribution is -0.139. The van der Waals surface area contributed by atoms with E-state index >= 15 is 0 Å². The number of ether oxygens (including phenoxy) is 1. The maximum atomic E-state index is 12.8. The van der Waals surface area contributed by atoms with Crippen LogP contribution in [0, 0.1) is 13.8 Å². The molecule has 11 heteroatoms. The number of tetrazole rings is 1. The molecule has 1 aliphatic heterocycles. The number of nitrogens with zero attached hydrogens (tertiary/aromatic N) is 4. The van der Waals surface area contributed by atoms with Crippen molar-refractivity contribution in [3.63, 3.8) is 0 Å². The second-order valence-electron chi connectivity index (χ2n) is 7.06. The number of hydrogen-bond acceptors (Lipinski definition) is 8. The molecule has 1 aliphatic rings. The molecular formula is C21H22N6O4S. The minimum absolute atomic E-state index is 0.201. The van der Waals surface area contributed by atoms with Crippen molar-refractivity contribution in [3.8, 4) is 5.69 Å². The SMILES string of the molecule is CCOC(=O)C1=C(CSc2nnnn2-c2c(C)cccc2C)NC(=O)N[C@H]1c1ccco1. The standard InChI is InChI=1S/C21H22N6O4S/c1-4-30-19(28)16-14(22-20(29)23-17(16)15-9-6-10-31-15)11-32-21-24-25-26-27(21)18-12(2)7-5-8-13(18)3/h5-10,17H,4,11H2,1-3H3,(H2,22,23,29)/t17-/m0/s1. The number of aromatic nitrogens is 4. The van der Waals surface area contributed by atoms with Crippen LogP contribution in [0.4, 0.5) is 4.79 Å². The molecular weight excluding hydrogens is 432 g/mol. The van der Waals surface area contributed by atoms with E-state index in [4.69, 9.17) is 9.15 Å². The van der Waals surface area contributed by atoms with Crippen molar-refractivity contribution >= 4 is 23.8 Å². The van der Waals surface area contributed by atoms with E-state index in [9.17, 15) is 9.59 Å². The topological polar surface area (TPSA) is 124 Å². The van der Waals surface area contributed by atoms with E-state index in [1.54, 1.807) is 23.7 Å². The number of esters is 1. The zero-order valence-corrected chi connectivity index (χ0v) is 18.6. The highest BCUT2D eigenvalue weighted by Crippen LogP contribution is 2.31. The van der Waals surface area contributed by atoms with Crippen molar-refractivity contribution in [2.75, 3.05) is 12.4 Å². The van der Waals surface area contributed by atoms with Gasteiger partial charge in [0, 0.05) is 11.4 Å². The maximum Gasteiger partial charge on any atom is 0.338 e. The fourth-order valence-electron chi connectivity index (χ4n) is 3.54.